The topological polar surface area (TPSA) is 90.0 Å². The van der Waals surface area contributed by atoms with Crippen molar-refractivity contribution in [1.29, 1.82) is 0 Å². The predicted molar refractivity (Wildman–Crippen MR) is 114 cm³/mol. The zero-order chi connectivity index (χ0) is 23.1. The molecule has 5 amide bonds. The molecule has 172 valence electrons. The number of piperazine rings is 1. The lowest BCUT2D eigenvalue weighted by Gasteiger charge is -2.52. The Morgan fingerprint density at radius 3 is 2.34 bits per heavy atom. The number of carbonyl (C=O) groups is 4. The van der Waals surface area contributed by atoms with Crippen LogP contribution in [0.2, 0.25) is 0 Å². The minimum Gasteiger partial charge on any atom is -0.337 e. The molecule has 32 heavy (non-hydrogen) atoms. The molecule has 1 spiro atoms. The van der Waals surface area contributed by atoms with Gasteiger partial charge in [0.2, 0.25) is 11.8 Å². The van der Waals surface area contributed by atoms with Gasteiger partial charge in [-0.2, -0.15) is 0 Å². The van der Waals surface area contributed by atoms with E-state index in [0.717, 1.165) is 37.0 Å². The van der Waals surface area contributed by atoms with Gasteiger partial charge < -0.3 is 15.1 Å². The normalized spacial score (nSPS) is 25.3. The third kappa shape index (κ3) is 3.73. The Labute approximate surface area is 186 Å². The van der Waals surface area contributed by atoms with Crippen LogP contribution in [0.15, 0.2) is 24.3 Å². The summed E-state index contributed by atoms with van der Waals surface area (Å²) in [5.74, 6) is -1.28. The first-order valence-electron chi connectivity index (χ1n) is 11.1. The maximum Gasteiger partial charge on any atom is 0.325 e. The SMILES string of the molecule is CC(=O)N1CCN(C(=O)CN2C(=O)NC(C)(c3ccc(F)cc3)C2=O)CC12CCCCC2. The van der Waals surface area contributed by atoms with E-state index in [1.165, 1.54) is 24.3 Å². The summed E-state index contributed by atoms with van der Waals surface area (Å²) < 4.78 is 13.3. The molecule has 1 unspecified atom stereocenters. The number of benzene rings is 1. The summed E-state index contributed by atoms with van der Waals surface area (Å²) in [6, 6.07) is 4.71. The lowest BCUT2D eigenvalue weighted by Crippen LogP contribution is -2.65. The van der Waals surface area contributed by atoms with E-state index < -0.39 is 23.3 Å². The highest BCUT2D eigenvalue weighted by molar-refractivity contribution is 6.09. The van der Waals surface area contributed by atoms with E-state index in [-0.39, 0.29) is 23.9 Å². The second-order valence-corrected chi connectivity index (χ2v) is 9.22. The zero-order valence-corrected chi connectivity index (χ0v) is 18.5. The Morgan fingerprint density at radius 1 is 1.06 bits per heavy atom. The number of carbonyl (C=O) groups excluding carboxylic acids is 4. The molecule has 0 bridgehead atoms. The van der Waals surface area contributed by atoms with Crippen LogP contribution in [0.4, 0.5) is 9.18 Å². The van der Waals surface area contributed by atoms with Gasteiger partial charge in [0.05, 0.1) is 5.54 Å². The molecule has 1 saturated carbocycles. The largest absolute Gasteiger partial charge is 0.337 e. The molecule has 0 radical (unpaired) electrons. The number of amides is 5. The van der Waals surface area contributed by atoms with Crippen LogP contribution in [0.1, 0.15) is 51.5 Å². The summed E-state index contributed by atoms with van der Waals surface area (Å²) >= 11 is 0. The summed E-state index contributed by atoms with van der Waals surface area (Å²) in [5.41, 5.74) is -1.27. The van der Waals surface area contributed by atoms with Gasteiger partial charge in [-0.25, -0.2) is 9.18 Å². The first-order chi connectivity index (χ1) is 15.2. The van der Waals surface area contributed by atoms with E-state index in [1.54, 1.807) is 18.7 Å². The fourth-order valence-corrected chi connectivity index (χ4v) is 5.37. The minimum atomic E-state index is -1.36. The van der Waals surface area contributed by atoms with Gasteiger partial charge in [-0.1, -0.05) is 31.4 Å². The molecule has 8 nitrogen and oxygen atoms in total. The van der Waals surface area contributed by atoms with Crippen LogP contribution in [0.25, 0.3) is 0 Å². The van der Waals surface area contributed by atoms with Crippen LogP contribution in [-0.4, -0.2) is 70.2 Å². The van der Waals surface area contributed by atoms with Crippen LogP contribution >= 0.6 is 0 Å². The second-order valence-electron chi connectivity index (χ2n) is 9.22. The average molecular weight is 445 g/mol. The first kappa shape index (κ1) is 22.2. The highest BCUT2D eigenvalue weighted by atomic mass is 19.1. The van der Waals surface area contributed by atoms with Crippen molar-refractivity contribution in [3.05, 3.63) is 35.6 Å². The van der Waals surface area contributed by atoms with E-state index >= 15 is 0 Å². The fourth-order valence-electron chi connectivity index (χ4n) is 5.37. The van der Waals surface area contributed by atoms with Gasteiger partial charge in [-0.3, -0.25) is 19.3 Å². The molecule has 9 heteroatoms. The van der Waals surface area contributed by atoms with Gasteiger partial charge in [0, 0.05) is 26.6 Å². The van der Waals surface area contributed by atoms with E-state index in [4.69, 9.17) is 0 Å². The Kier molecular flexibility index (Phi) is 5.68. The number of halogens is 1. The Balaban J connectivity index is 1.49. The van der Waals surface area contributed by atoms with Gasteiger partial charge in [0.15, 0.2) is 0 Å². The molecule has 2 saturated heterocycles. The standard InChI is InChI=1S/C23H29FN4O4/c1-16(29)28-13-12-26(15-23(28)10-4-3-5-11-23)19(30)14-27-20(31)22(2,25-21(27)32)17-6-8-18(24)9-7-17/h6-9H,3-5,10-15H2,1-2H3,(H,25,32). The predicted octanol–water partition coefficient (Wildman–Crippen LogP) is 1.99. The molecule has 1 aromatic rings. The molecule has 3 fully saturated rings. The van der Waals surface area contributed by atoms with Crippen LogP contribution < -0.4 is 5.32 Å². The number of imide groups is 1. The molecule has 1 aliphatic carbocycles. The zero-order valence-electron chi connectivity index (χ0n) is 18.5. The molecule has 0 aromatic heterocycles. The van der Waals surface area contributed by atoms with Crippen LogP contribution in [0.5, 0.6) is 0 Å². The highest BCUT2D eigenvalue weighted by Gasteiger charge is 2.51. The Morgan fingerprint density at radius 2 is 1.72 bits per heavy atom. The second kappa shape index (κ2) is 8.18. The van der Waals surface area contributed by atoms with Crippen molar-refractivity contribution in [3.8, 4) is 0 Å². The van der Waals surface area contributed by atoms with Crippen molar-refractivity contribution in [2.45, 2.75) is 57.0 Å². The molecule has 1 N–H and O–H groups in total. The number of rotatable bonds is 3. The molecule has 3 aliphatic rings. The monoisotopic (exact) mass is 444 g/mol. The van der Waals surface area contributed by atoms with Gasteiger partial charge in [-0.05, 0) is 37.5 Å². The maximum absolute atomic E-state index is 13.3. The molecule has 2 aliphatic heterocycles. The molecular formula is C23H29FN4O4. The smallest absolute Gasteiger partial charge is 0.325 e. The third-order valence-electron chi connectivity index (χ3n) is 7.16. The lowest BCUT2D eigenvalue weighted by molar-refractivity contribution is -0.151. The van der Waals surface area contributed by atoms with E-state index in [0.29, 0.717) is 25.2 Å². The fraction of sp³-hybridized carbons (Fsp3) is 0.565. The van der Waals surface area contributed by atoms with Crippen molar-refractivity contribution < 1.29 is 23.6 Å². The van der Waals surface area contributed by atoms with E-state index in [1.807, 2.05) is 4.90 Å². The number of nitrogens with zero attached hydrogens (tertiary/aromatic N) is 3. The molecular weight excluding hydrogens is 415 g/mol. The number of hydrogen-bond acceptors (Lipinski definition) is 4. The maximum atomic E-state index is 13.3. The quantitative estimate of drug-likeness (QED) is 0.722. The van der Waals surface area contributed by atoms with Gasteiger partial charge in [0.25, 0.3) is 5.91 Å². The van der Waals surface area contributed by atoms with E-state index in [9.17, 15) is 23.6 Å². The van der Waals surface area contributed by atoms with Crippen molar-refractivity contribution >= 4 is 23.8 Å². The molecule has 1 atom stereocenters. The van der Waals surface area contributed by atoms with Gasteiger partial charge in [-0.15, -0.1) is 0 Å². The van der Waals surface area contributed by atoms with Crippen molar-refractivity contribution in [2.75, 3.05) is 26.2 Å². The van der Waals surface area contributed by atoms with Crippen LogP contribution in [-0.2, 0) is 19.9 Å². The van der Waals surface area contributed by atoms with Crippen LogP contribution in [0.3, 0.4) is 0 Å². The summed E-state index contributed by atoms with van der Waals surface area (Å²) in [4.78, 5) is 55.6. The van der Waals surface area contributed by atoms with Crippen LogP contribution in [0, 0.1) is 5.82 Å². The van der Waals surface area contributed by atoms with Gasteiger partial charge in [0.1, 0.15) is 17.9 Å². The Hall–Kier alpha value is -2.97. The summed E-state index contributed by atoms with van der Waals surface area (Å²) in [6.45, 7) is 4.00. The minimum absolute atomic E-state index is 0.0168. The first-order valence-corrected chi connectivity index (χ1v) is 11.1. The van der Waals surface area contributed by atoms with Crippen molar-refractivity contribution in [1.82, 2.24) is 20.0 Å². The molecule has 2 heterocycles. The molecule has 4 rings (SSSR count). The number of hydrogen-bond donors (Lipinski definition) is 1. The van der Waals surface area contributed by atoms with Gasteiger partial charge >= 0.3 is 6.03 Å². The van der Waals surface area contributed by atoms with E-state index in [2.05, 4.69) is 5.32 Å². The Bertz CT molecular complexity index is 944. The van der Waals surface area contributed by atoms with Crippen molar-refractivity contribution in [3.63, 3.8) is 0 Å². The summed E-state index contributed by atoms with van der Waals surface area (Å²) in [5, 5.41) is 2.64. The number of nitrogens with one attached hydrogen (secondary N) is 1. The highest BCUT2D eigenvalue weighted by Crippen LogP contribution is 2.37. The van der Waals surface area contributed by atoms with Crippen molar-refractivity contribution in [2.24, 2.45) is 0 Å². The lowest BCUT2D eigenvalue weighted by atomic mass is 9.78. The number of urea groups is 1. The molecule has 1 aromatic carbocycles. The summed E-state index contributed by atoms with van der Waals surface area (Å²) in [7, 11) is 0. The summed E-state index contributed by atoms with van der Waals surface area (Å²) in [6.07, 6.45) is 4.83. The third-order valence-corrected chi connectivity index (χ3v) is 7.16. The average Bonchev–Trinajstić information content (AvgIpc) is 2.98.